The highest BCUT2D eigenvalue weighted by molar-refractivity contribution is 5.89. The second kappa shape index (κ2) is 4.30. The molecule has 0 radical (unpaired) electrons. The second-order valence-corrected chi connectivity index (χ2v) is 8.90. The molecule has 3 heteroatoms. The molecule has 0 aliphatic heterocycles. The van der Waals surface area contributed by atoms with E-state index in [-0.39, 0.29) is 34.2 Å². The van der Waals surface area contributed by atoms with Crippen LogP contribution in [0.2, 0.25) is 0 Å². The Morgan fingerprint density at radius 1 is 1.17 bits per heavy atom. The summed E-state index contributed by atoms with van der Waals surface area (Å²) in [5.74, 6) is 1.03. The first kappa shape index (κ1) is 14.7. The van der Waals surface area contributed by atoms with Crippen molar-refractivity contribution in [3.63, 3.8) is 0 Å². The van der Waals surface area contributed by atoms with Gasteiger partial charge in [-0.3, -0.25) is 4.79 Å². The Morgan fingerprint density at radius 2 is 1.92 bits per heavy atom. The Bertz CT molecular complexity index is 741. The zero-order chi connectivity index (χ0) is 16.7. The molecule has 126 valence electrons. The van der Waals surface area contributed by atoms with Gasteiger partial charge < -0.3 is 4.74 Å². The third-order valence-corrected chi connectivity index (χ3v) is 8.64. The minimum Gasteiger partial charge on any atom is -0.458 e. The summed E-state index contributed by atoms with van der Waals surface area (Å²) < 4.78 is 6.06. The van der Waals surface area contributed by atoms with Crippen molar-refractivity contribution < 1.29 is 14.3 Å². The minimum atomic E-state index is -0.208. The van der Waals surface area contributed by atoms with Crippen LogP contribution in [0.1, 0.15) is 56.3 Å². The monoisotopic (exact) mass is 324 g/mol. The van der Waals surface area contributed by atoms with Crippen molar-refractivity contribution in [3.05, 3.63) is 35.9 Å². The highest BCUT2D eigenvalue weighted by Gasteiger charge is 2.83. The van der Waals surface area contributed by atoms with Gasteiger partial charge in [0.15, 0.2) is 0 Å². The number of Topliss-reactive ketones (excluding diaryl/α,β-unsaturated/α-hetero) is 1. The van der Waals surface area contributed by atoms with Crippen molar-refractivity contribution in [1.82, 2.24) is 0 Å². The summed E-state index contributed by atoms with van der Waals surface area (Å²) in [6.07, 6.45) is 4.71. The zero-order valence-electron chi connectivity index (χ0n) is 14.4. The normalized spacial score (nSPS) is 47.9. The van der Waals surface area contributed by atoms with Gasteiger partial charge in [0.25, 0.3) is 0 Å². The Morgan fingerprint density at radius 3 is 2.67 bits per heavy atom. The molecule has 4 fully saturated rings. The van der Waals surface area contributed by atoms with Gasteiger partial charge in [-0.1, -0.05) is 32.0 Å². The van der Waals surface area contributed by atoms with Crippen molar-refractivity contribution in [2.45, 2.75) is 52.1 Å². The number of ketones is 1. The molecule has 2 bridgehead atoms. The molecular formula is C21H24O3. The van der Waals surface area contributed by atoms with Crippen LogP contribution in [0.15, 0.2) is 30.3 Å². The van der Waals surface area contributed by atoms with E-state index < -0.39 is 0 Å². The summed E-state index contributed by atoms with van der Waals surface area (Å²) in [6.45, 7) is 4.70. The molecule has 0 unspecified atom stereocenters. The van der Waals surface area contributed by atoms with Gasteiger partial charge >= 0.3 is 5.97 Å². The van der Waals surface area contributed by atoms with E-state index in [4.69, 9.17) is 4.74 Å². The van der Waals surface area contributed by atoms with Crippen LogP contribution in [0.3, 0.4) is 0 Å². The molecule has 0 heterocycles. The summed E-state index contributed by atoms with van der Waals surface area (Å²) >= 11 is 0. The third-order valence-electron chi connectivity index (χ3n) is 8.64. The maximum Gasteiger partial charge on any atom is 0.338 e. The van der Waals surface area contributed by atoms with Crippen molar-refractivity contribution in [2.75, 3.05) is 0 Å². The summed E-state index contributed by atoms with van der Waals surface area (Å²) in [7, 11) is 0. The van der Waals surface area contributed by atoms with Gasteiger partial charge in [0.1, 0.15) is 11.9 Å². The molecule has 4 aliphatic rings. The molecule has 1 aromatic rings. The summed E-state index contributed by atoms with van der Waals surface area (Å²) in [5.41, 5.74) is 0.943. The van der Waals surface area contributed by atoms with Gasteiger partial charge in [0.05, 0.1) is 5.56 Å². The van der Waals surface area contributed by atoms with Crippen molar-refractivity contribution >= 4 is 11.8 Å². The van der Waals surface area contributed by atoms with E-state index in [0.717, 1.165) is 25.7 Å². The van der Waals surface area contributed by atoms with Crippen LogP contribution < -0.4 is 0 Å². The van der Waals surface area contributed by atoms with Crippen molar-refractivity contribution in [3.8, 4) is 0 Å². The van der Waals surface area contributed by atoms with E-state index in [1.54, 1.807) is 0 Å². The second-order valence-electron chi connectivity index (χ2n) is 8.90. The Kier molecular flexibility index (Phi) is 2.63. The van der Waals surface area contributed by atoms with Crippen molar-refractivity contribution in [2.24, 2.45) is 28.1 Å². The Labute approximate surface area is 142 Å². The Hall–Kier alpha value is -1.64. The number of benzene rings is 1. The number of esters is 1. The fraction of sp³-hybridized carbons (Fsp3) is 0.619. The number of fused-ring (bicyclic) bond motifs is 2. The van der Waals surface area contributed by atoms with Gasteiger partial charge in [-0.2, -0.15) is 0 Å². The van der Waals surface area contributed by atoms with E-state index >= 15 is 0 Å². The van der Waals surface area contributed by atoms with Crippen LogP contribution in [-0.2, 0) is 9.53 Å². The predicted octanol–water partition coefficient (Wildman–Crippen LogP) is 4.02. The molecule has 1 spiro atoms. The van der Waals surface area contributed by atoms with Crippen LogP contribution in [0, 0.1) is 28.1 Å². The van der Waals surface area contributed by atoms with Gasteiger partial charge in [-0.25, -0.2) is 4.79 Å². The molecule has 0 N–H and O–H groups in total. The zero-order valence-corrected chi connectivity index (χ0v) is 14.4. The summed E-state index contributed by atoms with van der Waals surface area (Å²) in [4.78, 5) is 25.0. The number of ether oxygens (including phenoxy) is 1. The number of carbonyl (C=O) groups is 2. The lowest BCUT2D eigenvalue weighted by atomic mass is 9.33. The van der Waals surface area contributed by atoms with Gasteiger partial charge in [0, 0.05) is 17.8 Å². The number of hydrogen-bond donors (Lipinski definition) is 0. The lowest BCUT2D eigenvalue weighted by Crippen LogP contribution is -2.69. The van der Waals surface area contributed by atoms with E-state index in [1.807, 2.05) is 30.3 Å². The average molecular weight is 324 g/mol. The Balaban J connectivity index is 1.49. The fourth-order valence-electron chi connectivity index (χ4n) is 7.20. The van der Waals surface area contributed by atoms with Crippen molar-refractivity contribution in [1.29, 1.82) is 0 Å². The highest BCUT2D eigenvalue weighted by Crippen LogP contribution is 2.85. The molecule has 4 aliphatic carbocycles. The molecule has 0 aromatic heterocycles. The number of hydrogen-bond acceptors (Lipinski definition) is 3. The maximum absolute atomic E-state index is 12.6. The first-order valence-corrected chi connectivity index (χ1v) is 9.21. The largest absolute Gasteiger partial charge is 0.458 e. The standard InChI is InChI=1S/C21H24O3/c1-19-12-15-16(22)8-9-21(20(15,19)2)11-14(19)10-17(21)24-18(23)13-6-4-3-5-7-13/h3-7,14-15,17H,8-12H2,1-2H3/t14-,15-,17-,19+,20+,21-/m1/s1. The van der Waals surface area contributed by atoms with Crippen LogP contribution in [0.25, 0.3) is 0 Å². The van der Waals surface area contributed by atoms with E-state index in [9.17, 15) is 9.59 Å². The molecule has 24 heavy (non-hydrogen) atoms. The minimum absolute atomic E-state index is 0.0215. The number of rotatable bonds is 2. The SMILES string of the molecule is C[C@]12[C@@H]3C[C@@]1(C)[C@@H]1C[C@@H](OC(=O)c4ccccc4)[C@@]2(CCC3=O)C1. The molecule has 5 rings (SSSR count). The molecule has 6 atom stereocenters. The van der Waals surface area contributed by atoms with E-state index in [1.165, 1.54) is 0 Å². The summed E-state index contributed by atoms with van der Waals surface area (Å²) in [5, 5.41) is 0. The van der Waals surface area contributed by atoms with Gasteiger partial charge in [-0.05, 0) is 54.6 Å². The smallest absolute Gasteiger partial charge is 0.338 e. The van der Waals surface area contributed by atoms with Gasteiger partial charge in [-0.15, -0.1) is 0 Å². The van der Waals surface area contributed by atoms with Crippen LogP contribution >= 0.6 is 0 Å². The summed E-state index contributed by atoms with van der Waals surface area (Å²) in [6, 6.07) is 9.28. The lowest BCUT2D eigenvalue weighted by Gasteiger charge is -2.70. The molecular weight excluding hydrogens is 300 g/mol. The first-order valence-electron chi connectivity index (χ1n) is 9.21. The first-order chi connectivity index (χ1) is 11.4. The lowest BCUT2D eigenvalue weighted by molar-refractivity contribution is -0.239. The predicted molar refractivity (Wildman–Crippen MR) is 89.4 cm³/mol. The highest BCUT2D eigenvalue weighted by atomic mass is 16.5. The third kappa shape index (κ3) is 1.38. The van der Waals surface area contributed by atoms with Crippen LogP contribution in [0.5, 0.6) is 0 Å². The van der Waals surface area contributed by atoms with Crippen LogP contribution in [-0.4, -0.2) is 17.9 Å². The van der Waals surface area contributed by atoms with E-state index in [0.29, 0.717) is 23.7 Å². The average Bonchev–Trinajstić information content (AvgIpc) is 3.02. The van der Waals surface area contributed by atoms with E-state index in [2.05, 4.69) is 13.8 Å². The fourth-order valence-corrected chi connectivity index (χ4v) is 7.20. The molecule has 3 nitrogen and oxygen atoms in total. The topological polar surface area (TPSA) is 43.4 Å². The molecule has 1 aromatic carbocycles. The maximum atomic E-state index is 12.6. The quantitative estimate of drug-likeness (QED) is 0.772. The number of carbonyl (C=O) groups excluding carboxylic acids is 2. The van der Waals surface area contributed by atoms with Crippen LogP contribution in [0.4, 0.5) is 0 Å². The molecule has 0 amide bonds. The van der Waals surface area contributed by atoms with Gasteiger partial charge in [0.2, 0.25) is 0 Å². The molecule has 4 saturated carbocycles. The molecule has 0 saturated heterocycles.